The highest BCUT2D eigenvalue weighted by molar-refractivity contribution is 5.59. The van der Waals surface area contributed by atoms with Crippen LogP contribution in [0.1, 0.15) is 5.56 Å². The van der Waals surface area contributed by atoms with Gasteiger partial charge in [0.2, 0.25) is 0 Å². The van der Waals surface area contributed by atoms with Crippen molar-refractivity contribution in [3.05, 3.63) is 60.2 Å². The molecule has 0 amide bonds. The monoisotopic (exact) mass is 229 g/mol. The maximum absolute atomic E-state index is 4.25. The number of hydrogen-bond acceptors (Lipinski definition) is 2. The quantitative estimate of drug-likeness (QED) is 0.840. The molecule has 2 rings (SSSR count). The number of nitrogens with one attached hydrogen (secondary N) is 1. The highest BCUT2D eigenvalue weighted by Crippen LogP contribution is 2.15. The van der Waals surface area contributed by atoms with Crippen LogP contribution in [-0.4, -0.2) is 14.2 Å². The van der Waals surface area contributed by atoms with Gasteiger partial charge >= 0.3 is 0 Å². The molecule has 0 fully saturated rings. The molecular weight excluding hydrogens is 210 g/mol. The van der Waals surface area contributed by atoms with E-state index in [0.29, 0.717) is 0 Å². The summed E-state index contributed by atoms with van der Waals surface area (Å²) in [5.74, 6) is 0. The maximum Gasteiger partial charge on any atom is 0.0384 e. The van der Waals surface area contributed by atoms with Crippen LogP contribution in [0.5, 0.6) is 0 Å². The van der Waals surface area contributed by atoms with Gasteiger partial charge in [-0.3, -0.25) is 0 Å². The first-order chi connectivity index (χ1) is 8.26. The zero-order valence-corrected chi connectivity index (χ0v) is 10.6. The van der Waals surface area contributed by atoms with Crippen molar-refractivity contribution in [1.82, 2.24) is 0 Å². The molecule has 0 atom stereocenters. The third-order valence-electron chi connectivity index (χ3n) is 2.11. The Morgan fingerprint density at radius 1 is 0.765 bits per heavy atom. The largest absolute Gasteiger partial charge is 0.388 e. The minimum atomic E-state index is 1.12. The molecule has 2 aromatic rings. The van der Waals surface area contributed by atoms with Crippen LogP contribution in [0, 0.1) is 6.92 Å². The van der Waals surface area contributed by atoms with E-state index in [1.807, 2.05) is 18.2 Å². The molecule has 0 aliphatic heterocycles. The van der Waals surface area contributed by atoms with Gasteiger partial charge in [-0.25, -0.2) is 0 Å². The van der Waals surface area contributed by atoms with E-state index >= 15 is 0 Å². The second-order valence-electron chi connectivity index (χ2n) is 3.77. The van der Waals surface area contributed by atoms with Gasteiger partial charge in [-0.1, -0.05) is 35.9 Å². The Morgan fingerprint density at radius 2 is 1.24 bits per heavy atom. The zero-order valence-electron chi connectivity index (χ0n) is 10.6. The molecule has 17 heavy (non-hydrogen) atoms. The van der Waals surface area contributed by atoms with Gasteiger partial charge < -0.3 is 10.1 Å². The number of aryl methyl sites for hydroxylation is 1. The fourth-order valence-electron chi connectivity index (χ4n) is 1.33. The fraction of sp³-hybridized carbons (Fsp3) is 0.200. The molecule has 0 spiro atoms. The van der Waals surface area contributed by atoms with Gasteiger partial charge in [-0.15, -0.1) is 0 Å². The molecule has 90 valence electrons. The highest BCUT2D eigenvalue weighted by Gasteiger charge is 1.91. The fourth-order valence-corrected chi connectivity index (χ4v) is 1.33. The van der Waals surface area contributed by atoms with Crippen LogP contribution in [0.3, 0.4) is 0 Å². The van der Waals surface area contributed by atoms with Crippen LogP contribution in [-0.2, 0) is 4.74 Å². The highest BCUT2D eigenvalue weighted by atomic mass is 16.4. The predicted octanol–water partition coefficient (Wildman–Crippen LogP) is 4.00. The number of hydrogen-bond donors (Lipinski definition) is 1. The molecule has 0 saturated carbocycles. The molecule has 2 nitrogen and oxygen atoms in total. The van der Waals surface area contributed by atoms with E-state index in [1.165, 1.54) is 5.56 Å². The van der Waals surface area contributed by atoms with Gasteiger partial charge in [-0.05, 0) is 31.2 Å². The smallest absolute Gasteiger partial charge is 0.0384 e. The van der Waals surface area contributed by atoms with Crippen LogP contribution < -0.4 is 5.32 Å². The Morgan fingerprint density at radius 3 is 1.76 bits per heavy atom. The maximum atomic E-state index is 4.25. The van der Waals surface area contributed by atoms with Crippen molar-refractivity contribution < 1.29 is 4.74 Å². The van der Waals surface area contributed by atoms with E-state index < -0.39 is 0 Å². The third kappa shape index (κ3) is 5.18. The summed E-state index contributed by atoms with van der Waals surface area (Å²) < 4.78 is 4.25. The zero-order chi connectivity index (χ0) is 12.5. The van der Waals surface area contributed by atoms with E-state index in [1.54, 1.807) is 14.2 Å². The van der Waals surface area contributed by atoms with Crippen molar-refractivity contribution in [2.24, 2.45) is 0 Å². The Labute approximate surface area is 103 Å². The molecule has 0 bridgehead atoms. The number of methoxy groups -OCH3 is 1. The van der Waals surface area contributed by atoms with Crippen molar-refractivity contribution in [2.45, 2.75) is 6.92 Å². The lowest BCUT2D eigenvalue weighted by Gasteiger charge is -2.05. The van der Waals surface area contributed by atoms with E-state index in [9.17, 15) is 0 Å². The Balaban J connectivity index is 0.000000437. The lowest BCUT2D eigenvalue weighted by atomic mass is 10.2. The average Bonchev–Trinajstić information content (AvgIpc) is 2.35. The van der Waals surface area contributed by atoms with E-state index in [-0.39, 0.29) is 0 Å². The van der Waals surface area contributed by atoms with E-state index in [2.05, 4.69) is 53.4 Å². The molecule has 0 radical (unpaired) electrons. The van der Waals surface area contributed by atoms with E-state index in [0.717, 1.165) is 11.4 Å². The summed E-state index contributed by atoms with van der Waals surface area (Å²) in [6.45, 7) is 2.09. The van der Waals surface area contributed by atoms with Crippen LogP contribution in [0.15, 0.2) is 54.6 Å². The number of ether oxygens (including phenoxy) is 1. The third-order valence-corrected chi connectivity index (χ3v) is 2.11. The normalized spacial score (nSPS) is 9.12. The van der Waals surface area contributed by atoms with Gasteiger partial charge in [0.1, 0.15) is 0 Å². The molecule has 0 aliphatic carbocycles. The SMILES string of the molecule is COC.Cc1ccc(Nc2ccccc2)cc1. The van der Waals surface area contributed by atoms with Gasteiger partial charge in [0.25, 0.3) is 0 Å². The number of anilines is 2. The van der Waals surface area contributed by atoms with Gasteiger partial charge in [-0.2, -0.15) is 0 Å². The van der Waals surface area contributed by atoms with Gasteiger partial charge in [0.15, 0.2) is 0 Å². The molecule has 0 heterocycles. The van der Waals surface area contributed by atoms with Crippen LogP contribution >= 0.6 is 0 Å². The van der Waals surface area contributed by atoms with Gasteiger partial charge in [0, 0.05) is 25.6 Å². The molecule has 0 aliphatic rings. The Bertz CT molecular complexity index is 409. The van der Waals surface area contributed by atoms with Crippen molar-refractivity contribution in [1.29, 1.82) is 0 Å². The molecule has 0 aromatic heterocycles. The minimum Gasteiger partial charge on any atom is -0.388 e. The molecule has 0 saturated heterocycles. The van der Waals surface area contributed by atoms with Crippen LogP contribution in [0.4, 0.5) is 11.4 Å². The number of para-hydroxylation sites is 1. The van der Waals surface area contributed by atoms with Gasteiger partial charge in [0.05, 0.1) is 0 Å². The summed E-state index contributed by atoms with van der Waals surface area (Å²) >= 11 is 0. The lowest BCUT2D eigenvalue weighted by Crippen LogP contribution is -1.88. The summed E-state index contributed by atoms with van der Waals surface area (Å²) in [7, 11) is 3.25. The summed E-state index contributed by atoms with van der Waals surface area (Å²) in [6.07, 6.45) is 0. The molecule has 2 heteroatoms. The first-order valence-electron chi connectivity index (χ1n) is 5.55. The summed E-state index contributed by atoms with van der Waals surface area (Å²) in [5, 5.41) is 3.33. The molecular formula is C15H19NO. The van der Waals surface area contributed by atoms with Crippen molar-refractivity contribution in [2.75, 3.05) is 19.5 Å². The number of rotatable bonds is 2. The van der Waals surface area contributed by atoms with Crippen molar-refractivity contribution in [3.8, 4) is 0 Å². The topological polar surface area (TPSA) is 21.3 Å². The average molecular weight is 229 g/mol. The van der Waals surface area contributed by atoms with Crippen LogP contribution in [0.25, 0.3) is 0 Å². The lowest BCUT2D eigenvalue weighted by molar-refractivity contribution is 0.277. The molecule has 0 unspecified atom stereocenters. The Kier molecular flexibility index (Phi) is 5.83. The second-order valence-corrected chi connectivity index (χ2v) is 3.77. The number of benzene rings is 2. The predicted molar refractivity (Wildman–Crippen MR) is 73.8 cm³/mol. The first-order valence-corrected chi connectivity index (χ1v) is 5.55. The van der Waals surface area contributed by atoms with Crippen molar-refractivity contribution >= 4 is 11.4 Å². The van der Waals surface area contributed by atoms with Crippen molar-refractivity contribution in [3.63, 3.8) is 0 Å². The van der Waals surface area contributed by atoms with Crippen LogP contribution in [0.2, 0.25) is 0 Å². The summed E-state index contributed by atoms with van der Waals surface area (Å²) in [5.41, 5.74) is 3.53. The summed E-state index contributed by atoms with van der Waals surface area (Å²) in [6, 6.07) is 18.5. The molecule has 2 aromatic carbocycles. The summed E-state index contributed by atoms with van der Waals surface area (Å²) in [4.78, 5) is 0. The Hall–Kier alpha value is -1.80. The first kappa shape index (κ1) is 13.3. The minimum absolute atomic E-state index is 1.12. The van der Waals surface area contributed by atoms with E-state index in [4.69, 9.17) is 0 Å². The molecule has 1 N–H and O–H groups in total. The second kappa shape index (κ2) is 7.47. The standard InChI is InChI=1S/C13H13N.C2H6O/c1-11-7-9-13(10-8-11)14-12-5-3-2-4-6-12;1-3-2/h2-10,14H,1H3;1-2H3.